The largest absolute Gasteiger partial charge is 0.467 e. The predicted molar refractivity (Wildman–Crippen MR) is 114 cm³/mol. The van der Waals surface area contributed by atoms with Crippen molar-refractivity contribution in [3.05, 3.63) is 91.3 Å². The molecular formula is C24H20N4O. The van der Waals surface area contributed by atoms with Crippen molar-refractivity contribution in [1.82, 2.24) is 19.7 Å². The third-order valence-electron chi connectivity index (χ3n) is 4.98. The average molecular weight is 380 g/mol. The van der Waals surface area contributed by atoms with Crippen LogP contribution in [0.2, 0.25) is 0 Å². The van der Waals surface area contributed by atoms with Crippen LogP contribution in [0.4, 0.5) is 0 Å². The highest BCUT2D eigenvalue weighted by Crippen LogP contribution is 2.28. The third kappa shape index (κ3) is 3.32. The highest BCUT2D eigenvalue weighted by Gasteiger charge is 2.10. The standard InChI is InChI=1S/C24H20N4O/c1-25-14-21-11-20(16-29-21)18-8-10-28-23(15-27-24(28)13-18)19-7-9-26-22(12-19)17-5-3-2-4-6-17/h2-13,15-16,25H,14H2,1H3. The van der Waals surface area contributed by atoms with Crippen LogP contribution < -0.4 is 5.32 Å². The van der Waals surface area contributed by atoms with Gasteiger partial charge in [-0.3, -0.25) is 9.38 Å². The van der Waals surface area contributed by atoms with E-state index >= 15 is 0 Å². The minimum Gasteiger partial charge on any atom is -0.467 e. The molecule has 0 aliphatic rings. The van der Waals surface area contributed by atoms with E-state index in [1.807, 2.05) is 43.7 Å². The molecule has 142 valence electrons. The van der Waals surface area contributed by atoms with E-state index in [0.717, 1.165) is 45.0 Å². The van der Waals surface area contributed by atoms with Crippen molar-refractivity contribution in [2.75, 3.05) is 7.05 Å². The lowest BCUT2D eigenvalue weighted by atomic mass is 10.1. The Labute approximate surface area is 168 Å². The maximum absolute atomic E-state index is 5.60. The molecule has 0 spiro atoms. The molecule has 5 aromatic rings. The van der Waals surface area contributed by atoms with Gasteiger partial charge in [0.25, 0.3) is 0 Å². The molecule has 0 saturated heterocycles. The van der Waals surface area contributed by atoms with Gasteiger partial charge in [-0.1, -0.05) is 30.3 Å². The number of nitrogens with zero attached hydrogens (tertiary/aromatic N) is 3. The molecule has 0 fully saturated rings. The van der Waals surface area contributed by atoms with Crippen LogP contribution in [0.3, 0.4) is 0 Å². The number of imidazole rings is 1. The van der Waals surface area contributed by atoms with E-state index in [2.05, 4.69) is 62.3 Å². The zero-order chi connectivity index (χ0) is 19.6. The molecule has 5 heteroatoms. The number of hydrogen-bond donors (Lipinski definition) is 1. The molecule has 0 aliphatic carbocycles. The Morgan fingerprint density at radius 2 is 1.79 bits per heavy atom. The normalized spacial score (nSPS) is 11.2. The van der Waals surface area contributed by atoms with Crippen molar-refractivity contribution in [2.45, 2.75) is 6.54 Å². The fourth-order valence-electron chi connectivity index (χ4n) is 3.53. The van der Waals surface area contributed by atoms with E-state index in [9.17, 15) is 0 Å². The van der Waals surface area contributed by atoms with Crippen LogP contribution >= 0.6 is 0 Å². The number of aromatic nitrogens is 3. The molecule has 5 rings (SSSR count). The molecule has 5 nitrogen and oxygen atoms in total. The predicted octanol–water partition coefficient (Wildman–Crippen LogP) is 5.04. The van der Waals surface area contributed by atoms with Gasteiger partial charge < -0.3 is 9.73 Å². The van der Waals surface area contributed by atoms with E-state index < -0.39 is 0 Å². The van der Waals surface area contributed by atoms with E-state index in [1.165, 1.54) is 0 Å². The van der Waals surface area contributed by atoms with E-state index in [0.29, 0.717) is 6.54 Å². The van der Waals surface area contributed by atoms with Crippen LogP contribution in [-0.4, -0.2) is 21.4 Å². The number of fused-ring (bicyclic) bond motifs is 1. The summed E-state index contributed by atoms with van der Waals surface area (Å²) in [6, 6.07) is 20.5. The summed E-state index contributed by atoms with van der Waals surface area (Å²) in [7, 11) is 1.91. The first-order valence-electron chi connectivity index (χ1n) is 9.53. The second-order valence-corrected chi connectivity index (χ2v) is 6.91. The lowest BCUT2D eigenvalue weighted by Gasteiger charge is -2.06. The molecule has 0 amide bonds. The highest BCUT2D eigenvalue weighted by atomic mass is 16.3. The molecule has 0 atom stereocenters. The molecule has 4 aromatic heterocycles. The molecule has 1 aromatic carbocycles. The Balaban J connectivity index is 1.52. The minimum absolute atomic E-state index is 0.710. The summed E-state index contributed by atoms with van der Waals surface area (Å²) in [6.45, 7) is 0.710. The van der Waals surface area contributed by atoms with Crippen molar-refractivity contribution in [3.8, 4) is 33.6 Å². The Bertz CT molecular complexity index is 1270. The SMILES string of the molecule is CNCc1cc(-c2ccn3c(-c4ccnc(-c5ccccc5)c4)cnc3c2)co1. The zero-order valence-electron chi connectivity index (χ0n) is 16.0. The van der Waals surface area contributed by atoms with Crippen molar-refractivity contribution >= 4 is 5.65 Å². The highest BCUT2D eigenvalue weighted by molar-refractivity contribution is 5.73. The van der Waals surface area contributed by atoms with Crippen LogP contribution in [0.25, 0.3) is 39.3 Å². The lowest BCUT2D eigenvalue weighted by Crippen LogP contribution is -2.03. The van der Waals surface area contributed by atoms with Crippen molar-refractivity contribution in [3.63, 3.8) is 0 Å². The van der Waals surface area contributed by atoms with Gasteiger partial charge in [-0.05, 0) is 42.9 Å². The second-order valence-electron chi connectivity index (χ2n) is 6.91. The molecule has 4 heterocycles. The molecule has 0 radical (unpaired) electrons. The summed E-state index contributed by atoms with van der Waals surface area (Å²) in [5, 5.41) is 3.10. The van der Waals surface area contributed by atoms with Gasteiger partial charge >= 0.3 is 0 Å². The summed E-state index contributed by atoms with van der Waals surface area (Å²) >= 11 is 0. The molecule has 29 heavy (non-hydrogen) atoms. The van der Waals surface area contributed by atoms with Gasteiger partial charge in [-0.2, -0.15) is 0 Å². The molecule has 0 bridgehead atoms. The van der Waals surface area contributed by atoms with Crippen LogP contribution in [0.5, 0.6) is 0 Å². The summed E-state index contributed by atoms with van der Waals surface area (Å²) in [5.41, 5.74) is 7.20. The maximum Gasteiger partial charge on any atom is 0.137 e. The first-order valence-corrected chi connectivity index (χ1v) is 9.53. The smallest absolute Gasteiger partial charge is 0.137 e. The topological polar surface area (TPSA) is 55.4 Å². The molecule has 0 unspecified atom stereocenters. The van der Waals surface area contributed by atoms with Gasteiger partial charge in [0.05, 0.1) is 30.4 Å². The van der Waals surface area contributed by atoms with Crippen LogP contribution in [0.15, 0.2) is 89.9 Å². The fraction of sp³-hybridized carbons (Fsp3) is 0.0833. The first kappa shape index (κ1) is 17.4. The van der Waals surface area contributed by atoms with Gasteiger partial charge in [-0.15, -0.1) is 0 Å². The Morgan fingerprint density at radius 3 is 2.66 bits per heavy atom. The maximum atomic E-state index is 5.60. The Hall–Kier alpha value is -3.70. The lowest BCUT2D eigenvalue weighted by molar-refractivity contribution is 0.496. The van der Waals surface area contributed by atoms with Crippen LogP contribution in [0, 0.1) is 0 Å². The Kier molecular flexibility index (Phi) is 4.42. The number of rotatable bonds is 5. The molecular weight excluding hydrogens is 360 g/mol. The number of furan rings is 1. The van der Waals surface area contributed by atoms with E-state index in [-0.39, 0.29) is 0 Å². The average Bonchev–Trinajstić information content (AvgIpc) is 3.41. The monoisotopic (exact) mass is 380 g/mol. The van der Waals surface area contributed by atoms with Crippen LogP contribution in [0.1, 0.15) is 5.76 Å². The van der Waals surface area contributed by atoms with Crippen LogP contribution in [-0.2, 0) is 6.54 Å². The third-order valence-corrected chi connectivity index (χ3v) is 4.98. The van der Waals surface area contributed by atoms with Gasteiger partial charge in [-0.25, -0.2) is 4.98 Å². The summed E-state index contributed by atoms with van der Waals surface area (Å²) in [4.78, 5) is 9.15. The number of hydrogen-bond acceptors (Lipinski definition) is 4. The minimum atomic E-state index is 0.710. The van der Waals surface area contributed by atoms with Crippen molar-refractivity contribution < 1.29 is 4.42 Å². The fourth-order valence-corrected chi connectivity index (χ4v) is 3.53. The Morgan fingerprint density at radius 1 is 0.897 bits per heavy atom. The van der Waals surface area contributed by atoms with Gasteiger partial charge in [0, 0.05) is 29.1 Å². The van der Waals surface area contributed by atoms with Crippen molar-refractivity contribution in [1.29, 1.82) is 0 Å². The first-order chi connectivity index (χ1) is 14.3. The number of pyridine rings is 2. The summed E-state index contributed by atoms with van der Waals surface area (Å²) in [5.74, 6) is 0.914. The van der Waals surface area contributed by atoms with Gasteiger partial charge in [0.2, 0.25) is 0 Å². The van der Waals surface area contributed by atoms with Gasteiger partial charge in [0.15, 0.2) is 0 Å². The van der Waals surface area contributed by atoms with E-state index in [1.54, 1.807) is 6.26 Å². The summed E-state index contributed by atoms with van der Waals surface area (Å²) in [6.07, 6.45) is 7.60. The molecule has 1 N–H and O–H groups in total. The molecule has 0 saturated carbocycles. The quantitative estimate of drug-likeness (QED) is 0.464. The van der Waals surface area contributed by atoms with E-state index in [4.69, 9.17) is 4.42 Å². The van der Waals surface area contributed by atoms with Crippen molar-refractivity contribution in [2.24, 2.45) is 0 Å². The number of benzene rings is 1. The summed E-state index contributed by atoms with van der Waals surface area (Å²) < 4.78 is 7.70. The zero-order valence-corrected chi connectivity index (χ0v) is 16.0. The second kappa shape index (κ2) is 7.37. The number of nitrogens with one attached hydrogen (secondary N) is 1. The molecule has 0 aliphatic heterocycles. The van der Waals surface area contributed by atoms with Gasteiger partial charge in [0.1, 0.15) is 11.4 Å².